The number of piperazine rings is 1. The fourth-order valence-electron chi connectivity index (χ4n) is 3.36. The number of pyridine rings is 1. The van der Waals surface area contributed by atoms with E-state index in [9.17, 15) is 4.79 Å². The number of benzene rings is 1. The van der Waals surface area contributed by atoms with Crippen molar-refractivity contribution in [2.24, 2.45) is 0 Å². The summed E-state index contributed by atoms with van der Waals surface area (Å²) in [7, 11) is 0. The fraction of sp³-hybridized carbons (Fsp3) is 0.286. The number of aryl methyl sites for hydroxylation is 2. The van der Waals surface area contributed by atoms with Crippen molar-refractivity contribution in [2.75, 3.05) is 41.3 Å². The number of rotatable bonds is 4. The summed E-state index contributed by atoms with van der Waals surface area (Å²) in [6.45, 7) is 7.63. The molecule has 1 saturated heterocycles. The molecule has 0 unspecified atom stereocenters. The van der Waals surface area contributed by atoms with E-state index < -0.39 is 0 Å². The third-order valence-corrected chi connectivity index (χ3v) is 4.86. The van der Waals surface area contributed by atoms with Crippen LogP contribution < -0.4 is 15.1 Å². The lowest BCUT2D eigenvalue weighted by molar-refractivity contribution is 0.102. The number of anilines is 3. The van der Waals surface area contributed by atoms with E-state index in [1.54, 1.807) is 25.3 Å². The number of hydrogen-bond acceptors (Lipinski definition) is 6. The first kappa shape index (κ1) is 18.0. The van der Waals surface area contributed by atoms with Crippen molar-refractivity contribution in [1.82, 2.24) is 10.1 Å². The van der Waals surface area contributed by atoms with Crippen LogP contribution in [0.3, 0.4) is 0 Å². The van der Waals surface area contributed by atoms with Gasteiger partial charge in [0.25, 0.3) is 5.91 Å². The molecule has 1 fully saturated rings. The minimum Gasteiger partial charge on any atom is -0.368 e. The molecule has 0 aliphatic carbocycles. The summed E-state index contributed by atoms with van der Waals surface area (Å²) >= 11 is 0. The van der Waals surface area contributed by atoms with Crippen molar-refractivity contribution in [3.8, 4) is 0 Å². The molecule has 7 heteroatoms. The van der Waals surface area contributed by atoms with Crippen LogP contribution in [-0.4, -0.2) is 42.2 Å². The molecule has 0 saturated carbocycles. The summed E-state index contributed by atoms with van der Waals surface area (Å²) < 4.78 is 4.95. The van der Waals surface area contributed by atoms with Gasteiger partial charge in [-0.05, 0) is 43.7 Å². The highest BCUT2D eigenvalue weighted by Crippen LogP contribution is 2.21. The molecular formula is C21H23N5O2. The van der Waals surface area contributed by atoms with Crippen molar-refractivity contribution >= 4 is 23.1 Å². The molecule has 0 atom stereocenters. The van der Waals surface area contributed by atoms with E-state index in [0.717, 1.165) is 31.9 Å². The lowest BCUT2D eigenvalue weighted by atomic mass is 10.2. The lowest BCUT2D eigenvalue weighted by Crippen LogP contribution is -2.46. The molecular weight excluding hydrogens is 354 g/mol. The average molecular weight is 377 g/mol. The number of carbonyl (C=O) groups excluding carboxylic acids is 1. The number of amides is 1. The predicted molar refractivity (Wildman–Crippen MR) is 109 cm³/mol. The summed E-state index contributed by atoms with van der Waals surface area (Å²) in [5.74, 6) is 0.730. The van der Waals surface area contributed by atoms with Crippen molar-refractivity contribution in [1.29, 1.82) is 0 Å². The van der Waals surface area contributed by atoms with Crippen molar-refractivity contribution in [2.45, 2.75) is 13.8 Å². The van der Waals surface area contributed by atoms with Gasteiger partial charge >= 0.3 is 0 Å². The second-order valence-corrected chi connectivity index (χ2v) is 6.99. The highest BCUT2D eigenvalue weighted by Gasteiger charge is 2.18. The number of aromatic nitrogens is 2. The first-order valence-electron chi connectivity index (χ1n) is 9.36. The van der Waals surface area contributed by atoms with Gasteiger partial charge in [-0.3, -0.25) is 4.79 Å². The Hall–Kier alpha value is -3.35. The summed E-state index contributed by atoms with van der Waals surface area (Å²) in [6, 6.07) is 14.0. The summed E-state index contributed by atoms with van der Waals surface area (Å²) in [6.07, 6.45) is 1.76. The fourth-order valence-corrected chi connectivity index (χ4v) is 3.36. The van der Waals surface area contributed by atoms with Crippen LogP contribution in [-0.2, 0) is 0 Å². The van der Waals surface area contributed by atoms with Crippen molar-refractivity contribution < 1.29 is 9.32 Å². The van der Waals surface area contributed by atoms with E-state index in [2.05, 4.69) is 56.4 Å². The van der Waals surface area contributed by atoms with E-state index in [1.165, 1.54) is 11.3 Å². The lowest BCUT2D eigenvalue weighted by Gasteiger charge is -2.37. The molecule has 1 aromatic carbocycles. The molecule has 0 bridgehead atoms. The van der Waals surface area contributed by atoms with Crippen molar-refractivity contribution in [3.63, 3.8) is 0 Å². The maximum absolute atomic E-state index is 12.3. The zero-order chi connectivity index (χ0) is 19.5. The maximum atomic E-state index is 12.3. The van der Waals surface area contributed by atoms with E-state index >= 15 is 0 Å². The Labute approximate surface area is 164 Å². The first-order chi connectivity index (χ1) is 13.6. The number of carbonyl (C=O) groups is 1. The Bertz CT molecular complexity index is 959. The highest BCUT2D eigenvalue weighted by molar-refractivity contribution is 6.02. The van der Waals surface area contributed by atoms with Gasteiger partial charge in [0.1, 0.15) is 11.5 Å². The average Bonchev–Trinajstić information content (AvgIpc) is 3.13. The summed E-state index contributed by atoms with van der Waals surface area (Å²) in [5, 5.41) is 6.44. The van der Waals surface area contributed by atoms with Crippen LogP contribution in [0, 0.1) is 13.8 Å². The van der Waals surface area contributed by atoms with Gasteiger partial charge in [-0.2, -0.15) is 0 Å². The third-order valence-electron chi connectivity index (χ3n) is 4.86. The third kappa shape index (κ3) is 3.98. The SMILES string of the molecule is Cc1cccc(N2CCN(c3ccc(C(=O)Nc4cc(C)on4)nc3)CC2)c1. The Balaban J connectivity index is 1.36. The van der Waals surface area contributed by atoms with Gasteiger partial charge in [0.15, 0.2) is 5.82 Å². The Kier molecular flexibility index (Phi) is 4.97. The largest absolute Gasteiger partial charge is 0.368 e. The second-order valence-electron chi connectivity index (χ2n) is 6.99. The normalized spacial score (nSPS) is 14.2. The van der Waals surface area contributed by atoms with Gasteiger partial charge in [0.05, 0.1) is 11.9 Å². The van der Waals surface area contributed by atoms with Crippen LogP contribution >= 0.6 is 0 Å². The predicted octanol–water partition coefficient (Wildman–Crippen LogP) is 3.27. The zero-order valence-electron chi connectivity index (χ0n) is 16.1. The molecule has 7 nitrogen and oxygen atoms in total. The van der Waals surface area contributed by atoms with Gasteiger partial charge in [-0.1, -0.05) is 17.3 Å². The number of nitrogens with zero attached hydrogens (tertiary/aromatic N) is 4. The molecule has 1 aliphatic heterocycles. The van der Waals surface area contributed by atoms with Gasteiger partial charge in [0, 0.05) is 37.9 Å². The van der Waals surface area contributed by atoms with Gasteiger partial charge in [0.2, 0.25) is 0 Å². The van der Waals surface area contributed by atoms with E-state index in [-0.39, 0.29) is 5.91 Å². The van der Waals surface area contributed by atoms with Crippen LogP contribution in [0.15, 0.2) is 53.2 Å². The first-order valence-corrected chi connectivity index (χ1v) is 9.36. The van der Waals surface area contributed by atoms with E-state index in [1.807, 2.05) is 6.07 Å². The van der Waals surface area contributed by atoms with Crippen LogP contribution in [0.4, 0.5) is 17.2 Å². The molecule has 0 radical (unpaired) electrons. The van der Waals surface area contributed by atoms with Gasteiger partial charge in [-0.25, -0.2) is 4.98 Å². The minimum absolute atomic E-state index is 0.302. The van der Waals surface area contributed by atoms with E-state index in [4.69, 9.17) is 4.52 Å². The molecule has 3 heterocycles. The molecule has 1 N–H and O–H groups in total. The van der Waals surface area contributed by atoms with Crippen LogP contribution in [0.2, 0.25) is 0 Å². The Morgan fingerprint density at radius 2 is 1.75 bits per heavy atom. The molecule has 1 aliphatic rings. The van der Waals surface area contributed by atoms with Crippen LogP contribution in [0.1, 0.15) is 21.8 Å². The molecule has 2 aromatic heterocycles. The number of hydrogen-bond donors (Lipinski definition) is 1. The quantitative estimate of drug-likeness (QED) is 0.752. The van der Waals surface area contributed by atoms with E-state index in [0.29, 0.717) is 17.3 Å². The minimum atomic E-state index is -0.302. The van der Waals surface area contributed by atoms with Crippen LogP contribution in [0.25, 0.3) is 0 Å². The standard InChI is InChI=1S/C21H23N5O2/c1-15-4-3-5-17(12-15)25-8-10-26(11-9-25)18-6-7-19(22-14-18)21(27)23-20-13-16(2)28-24-20/h3-7,12-14H,8-11H2,1-2H3,(H,23,24,27). The molecule has 4 rings (SSSR count). The molecule has 1 amide bonds. The topological polar surface area (TPSA) is 74.5 Å². The molecule has 3 aromatic rings. The Morgan fingerprint density at radius 1 is 1.00 bits per heavy atom. The smallest absolute Gasteiger partial charge is 0.275 e. The Morgan fingerprint density at radius 3 is 2.36 bits per heavy atom. The van der Waals surface area contributed by atoms with Crippen LogP contribution in [0.5, 0.6) is 0 Å². The number of nitrogens with one attached hydrogen (secondary N) is 1. The van der Waals surface area contributed by atoms with Gasteiger partial charge in [-0.15, -0.1) is 0 Å². The van der Waals surface area contributed by atoms with Gasteiger partial charge < -0.3 is 19.6 Å². The molecule has 0 spiro atoms. The maximum Gasteiger partial charge on any atom is 0.275 e. The molecule has 28 heavy (non-hydrogen) atoms. The second kappa shape index (κ2) is 7.72. The zero-order valence-corrected chi connectivity index (χ0v) is 16.1. The highest BCUT2D eigenvalue weighted by atomic mass is 16.5. The summed E-state index contributed by atoms with van der Waals surface area (Å²) in [5.41, 5.74) is 3.92. The molecule has 144 valence electrons. The van der Waals surface area contributed by atoms with Crippen molar-refractivity contribution in [3.05, 3.63) is 65.7 Å². The summed E-state index contributed by atoms with van der Waals surface area (Å²) in [4.78, 5) is 21.3. The monoisotopic (exact) mass is 377 g/mol.